The van der Waals surface area contributed by atoms with Crippen LogP contribution >= 0.6 is 0 Å². The lowest BCUT2D eigenvalue weighted by Crippen LogP contribution is -2.62. The molecule has 1 rings (SSSR count). The Morgan fingerprint density at radius 3 is 0.750 bits per heavy atom. The molecule has 0 aromatic rings. The summed E-state index contributed by atoms with van der Waals surface area (Å²) in [6, 6.07) is 0. The summed E-state index contributed by atoms with van der Waals surface area (Å²) in [5.41, 5.74) is 4.75. The largest absolute Gasteiger partial charge is 0.418 e. The van der Waals surface area contributed by atoms with Crippen molar-refractivity contribution in [3.63, 3.8) is 0 Å². The van der Waals surface area contributed by atoms with Crippen LogP contribution in [0.1, 0.15) is 27.7 Å². The van der Waals surface area contributed by atoms with Crippen molar-refractivity contribution in [2.45, 2.75) is 76.6 Å². The van der Waals surface area contributed by atoms with Gasteiger partial charge in [0.25, 0.3) is 0 Å². The van der Waals surface area contributed by atoms with Crippen molar-refractivity contribution in [1.29, 1.82) is 0 Å². The summed E-state index contributed by atoms with van der Waals surface area (Å²) in [5, 5.41) is 0. The maximum Gasteiger partial charge on any atom is 0.189 e. The van der Waals surface area contributed by atoms with Gasteiger partial charge in [-0.1, -0.05) is 0 Å². The van der Waals surface area contributed by atoms with Crippen molar-refractivity contribution in [2.75, 3.05) is 26.4 Å². The van der Waals surface area contributed by atoms with Gasteiger partial charge in [0.15, 0.2) is 33.3 Å². The minimum absolute atomic E-state index is 0.816. The molecule has 0 radical (unpaired) electrons. The topological polar surface area (TPSA) is 36.9 Å². The lowest BCUT2D eigenvalue weighted by atomic mass is 10.9. The zero-order valence-electron chi connectivity index (χ0n) is 17.3. The van der Waals surface area contributed by atoms with E-state index in [-0.39, 0.29) is 0 Å². The van der Waals surface area contributed by atoms with Crippen LogP contribution in [0.25, 0.3) is 0 Å². The first-order chi connectivity index (χ1) is 11.1. The van der Waals surface area contributed by atoms with E-state index in [9.17, 15) is 0 Å². The normalized spacial score (nSPS) is 41.0. The molecule has 1 aliphatic heterocycles. The Bertz CT molecular complexity index is 314. The van der Waals surface area contributed by atoms with Crippen LogP contribution in [0.2, 0.25) is 48.9 Å². The van der Waals surface area contributed by atoms with Crippen molar-refractivity contribution in [2.24, 2.45) is 0 Å². The molecule has 0 amide bonds. The van der Waals surface area contributed by atoms with Gasteiger partial charge in [-0.15, -0.1) is 0 Å². The Kier molecular flexibility index (Phi) is 8.60. The van der Waals surface area contributed by atoms with Gasteiger partial charge in [-0.2, -0.15) is 0 Å². The third-order valence-electron chi connectivity index (χ3n) is 4.96. The summed E-state index contributed by atoms with van der Waals surface area (Å²) in [4.78, 5) is 0. The summed E-state index contributed by atoms with van der Waals surface area (Å²) in [6.07, 6.45) is 0. The fourth-order valence-corrected chi connectivity index (χ4v) is 43.1. The maximum atomic E-state index is 6.44. The van der Waals surface area contributed by atoms with Crippen LogP contribution in [-0.2, 0) is 17.7 Å². The molecule has 1 fully saturated rings. The minimum atomic E-state index is -1.81. The van der Waals surface area contributed by atoms with Crippen LogP contribution in [0, 0.1) is 0 Å². The number of hydrogen-bond donors (Lipinski definition) is 0. The van der Waals surface area contributed by atoms with Crippen molar-refractivity contribution in [1.82, 2.24) is 0 Å². The van der Waals surface area contributed by atoms with Crippen LogP contribution in [-0.4, -0.2) is 59.7 Å². The second kappa shape index (κ2) is 9.07. The van der Waals surface area contributed by atoms with Crippen LogP contribution in [0.3, 0.4) is 0 Å². The van der Waals surface area contributed by atoms with E-state index in [1.165, 1.54) is 22.7 Å². The van der Waals surface area contributed by atoms with Crippen LogP contribution in [0.4, 0.5) is 0 Å². The molecular formula is C16H40O4Si4. The first-order valence-electron chi connectivity index (χ1n) is 9.63. The monoisotopic (exact) mass is 408 g/mol. The highest BCUT2D eigenvalue weighted by molar-refractivity contribution is 7.08. The Morgan fingerprint density at radius 2 is 0.625 bits per heavy atom. The van der Waals surface area contributed by atoms with E-state index in [0.29, 0.717) is 0 Å². The Hall–Kier alpha value is 0.708. The van der Waals surface area contributed by atoms with Crippen molar-refractivity contribution in [3.05, 3.63) is 0 Å². The Morgan fingerprint density at radius 1 is 0.458 bits per heavy atom. The fourth-order valence-electron chi connectivity index (χ4n) is 5.22. The van der Waals surface area contributed by atoms with Gasteiger partial charge in [0.1, 0.15) is 0 Å². The molecule has 0 aromatic heterocycles. The highest BCUT2D eigenvalue weighted by atomic mass is 28.5. The predicted octanol–water partition coefficient (Wildman–Crippen LogP) is 4.60. The molecule has 8 heteroatoms. The highest BCUT2D eigenvalue weighted by Crippen LogP contribution is 2.42. The van der Waals surface area contributed by atoms with Gasteiger partial charge < -0.3 is 17.7 Å². The van der Waals surface area contributed by atoms with Gasteiger partial charge in [-0.3, -0.25) is 0 Å². The second-order valence-electron chi connectivity index (χ2n) is 8.24. The van der Waals surface area contributed by atoms with Gasteiger partial charge in [0.2, 0.25) is 0 Å². The van der Waals surface area contributed by atoms with E-state index in [0.717, 1.165) is 26.4 Å². The molecule has 144 valence electrons. The standard InChI is InChI=1S/C16H40O4Si4/c1-9-17-21(5)13-22(6,18-10-2)15-24(8,20-12-4)16-23(7,14-21)19-11-3/h9-16H2,1-8H3. The Labute approximate surface area is 154 Å². The fraction of sp³-hybridized carbons (Fsp3) is 1.00. The summed E-state index contributed by atoms with van der Waals surface area (Å²) in [6.45, 7) is 21.5. The van der Waals surface area contributed by atoms with Crippen molar-refractivity contribution < 1.29 is 17.7 Å². The van der Waals surface area contributed by atoms with Gasteiger partial charge in [0, 0.05) is 26.4 Å². The third-order valence-corrected chi connectivity index (χ3v) is 32.8. The molecule has 0 unspecified atom stereocenters. The molecule has 0 saturated carbocycles. The first kappa shape index (κ1) is 22.7. The second-order valence-corrected chi connectivity index (χ2v) is 26.6. The molecule has 0 bridgehead atoms. The molecule has 0 aliphatic carbocycles. The quantitative estimate of drug-likeness (QED) is 0.550. The minimum Gasteiger partial charge on any atom is -0.418 e. The van der Waals surface area contributed by atoms with Crippen LogP contribution in [0.5, 0.6) is 0 Å². The van der Waals surface area contributed by atoms with E-state index in [1.807, 2.05) is 0 Å². The zero-order valence-corrected chi connectivity index (χ0v) is 21.3. The van der Waals surface area contributed by atoms with E-state index in [4.69, 9.17) is 17.7 Å². The van der Waals surface area contributed by atoms with E-state index >= 15 is 0 Å². The molecular weight excluding hydrogens is 369 g/mol. The molecule has 1 aliphatic rings. The van der Waals surface area contributed by atoms with Crippen molar-refractivity contribution in [3.8, 4) is 0 Å². The van der Waals surface area contributed by atoms with Crippen LogP contribution in [0.15, 0.2) is 0 Å². The van der Waals surface area contributed by atoms with E-state index in [2.05, 4.69) is 53.9 Å². The SMILES string of the molecule is CCO[Si]1(C)C[Si](C)(OCC)C[Si](C)(OCC)C[Si](C)(OCC)C1. The average molecular weight is 409 g/mol. The predicted molar refractivity (Wildman–Crippen MR) is 112 cm³/mol. The lowest BCUT2D eigenvalue weighted by Gasteiger charge is -2.48. The number of rotatable bonds is 8. The summed E-state index contributed by atoms with van der Waals surface area (Å²) >= 11 is 0. The van der Waals surface area contributed by atoms with Crippen molar-refractivity contribution >= 4 is 33.3 Å². The molecule has 0 aromatic carbocycles. The molecule has 24 heavy (non-hydrogen) atoms. The first-order valence-corrected chi connectivity index (χ1v) is 20.9. The third kappa shape index (κ3) is 6.46. The van der Waals surface area contributed by atoms with E-state index in [1.54, 1.807) is 0 Å². The smallest absolute Gasteiger partial charge is 0.189 e. The zero-order chi connectivity index (χ0) is 18.5. The average Bonchev–Trinajstić information content (AvgIpc) is 2.35. The molecule has 1 saturated heterocycles. The highest BCUT2D eigenvalue weighted by Gasteiger charge is 2.55. The van der Waals surface area contributed by atoms with Crippen LogP contribution < -0.4 is 0 Å². The molecule has 0 spiro atoms. The molecule has 0 N–H and O–H groups in total. The summed E-state index contributed by atoms with van der Waals surface area (Å²) in [5.74, 6) is 0. The van der Waals surface area contributed by atoms with Gasteiger partial charge in [-0.25, -0.2) is 0 Å². The summed E-state index contributed by atoms with van der Waals surface area (Å²) < 4.78 is 25.8. The summed E-state index contributed by atoms with van der Waals surface area (Å²) in [7, 11) is -7.24. The lowest BCUT2D eigenvalue weighted by molar-refractivity contribution is 0.294. The van der Waals surface area contributed by atoms with E-state index < -0.39 is 33.3 Å². The molecule has 4 nitrogen and oxygen atoms in total. The van der Waals surface area contributed by atoms with Gasteiger partial charge in [-0.05, 0) is 76.6 Å². The van der Waals surface area contributed by atoms with Gasteiger partial charge >= 0.3 is 0 Å². The number of hydrogen-bond acceptors (Lipinski definition) is 4. The van der Waals surface area contributed by atoms with Gasteiger partial charge in [0.05, 0.1) is 0 Å². The maximum absolute atomic E-state index is 6.44. The molecule has 1 heterocycles. The molecule has 0 atom stereocenters. The Balaban J connectivity index is 3.24.